The van der Waals surface area contributed by atoms with Crippen molar-refractivity contribution >= 4 is 38.6 Å². The van der Waals surface area contributed by atoms with Crippen LogP contribution in [0, 0.1) is 13.8 Å². The Hall–Kier alpha value is -2.66. The molecule has 0 fully saturated rings. The van der Waals surface area contributed by atoms with Crippen molar-refractivity contribution in [2.24, 2.45) is 0 Å². The molecule has 1 aromatic carbocycles. The second kappa shape index (κ2) is 5.70. The van der Waals surface area contributed by atoms with Gasteiger partial charge in [-0.25, -0.2) is 4.31 Å². The van der Waals surface area contributed by atoms with Crippen molar-refractivity contribution in [1.29, 1.82) is 0 Å². The number of nitrogens with one attached hydrogen (secondary N) is 1. The van der Waals surface area contributed by atoms with Gasteiger partial charge in [-0.1, -0.05) is 5.16 Å². The van der Waals surface area contributed by atoms with Crippen LogP contribution in [-0.4, -0.2) is 25.7 Å². The molecule has 0 bridgehead atoms. The molecule has 9 nitrogen and oxygen atoms in total. The molecule has 2 heterocycles. The zero-order valence-electron chi connectivity index (χ0n) is 13.4. The molecule has 0 radical (unpaired) electrons. The summed E-state index contributed by atoms with van der Waals surface area (Å²) in [4.78, 5) is 22.7. The van der Waals surface area contributed by atoms with Crippen molar-refractivity contribution < 1.29 is 18.0 Å². The van der Waals surface area contributed by atoms with Crippen molar-refractivity contribution in [3.05, 3.63) is 43.2 Å². The molecule has 0 spiro atoms. The average Bonchev–Trinajstić information content (AvgIpc) is 3.17. The maximum atomic E-state index is 12.7. The van der Waals surface area contributed by atoms with E-state index in [-0.39, 0.29) is 27.0 Å². The van der Waals surface area contributed by atoms with Crippen LogP contribution in [0.3, 0.4) is 0 Å². The SMILES string of the molecule is Cc1cc(N(C)S(=O)(=O)c2scc(Nc3c(C)c(=O)c3=O)c2O)no1. The number of hydrogen-bond acceptors (Lipinski definition) is 9. The molecule has 25 heavy (non-hydrogen) atoms. The number of sulfonamides is 1. The minimum Gasteiger partial charge on any atom is -0.504 e. The van der Waals surface area contributed by atoms with Crippen molar-refractivity contribution in [3.8, 4) is 5.75 Å². The lowest BCUT2D eigenvalue weighted by Crippen LogP contribution is -2.35. The summed E-state index contributed by atoms with van der Waals surface area (Å²) in [5, 5.41) is 17.8. The van der Waals surface area contributed by atoms with Gasteiger partial charge in [0.05, 0.1) is 11.4 Å². The Labute approximate surface area is 145 Å². The van der Waals surface area contributed by atoms with Gasteiger partial charge in [0, 0.05) is 24.1 Å². The monoisotopic (exact) mass is 383 g/mol. The molecule has 2 aromatic heterocycles. The molecule has 3 rings (SSSR count). The molecule has 0 atom stereocenters. The summed E-state index contributed by atoms with van der Waals surface area (Å²) in [7, 11) is -2.80. The van der Waals surface area contributed by atoms with Gasteiger partial charge in [-0.3, -0.25) is 9.59 Å². The van der Waals surface area contributed by atoms with Gasteiger partial charge >= 0.3 is 0 Å². The first-order valence-corrected chi connectivity index (χ1v) is 9.26. The van der Waals surface area contributed by atoms with E-state index in [2.05, 4.69) is 10.5 Å². The summed E-state index contributed by atoms with van der Waals surface area (Å²) in [6, 6.07) is 1.44. The number of aromatic hydroxyl groups is 1. The summed E-state index contributed by atoms with van der Waals surface area (Å²) in [5.74, 6) is -0.0342. The highest BCUT2D eigenvalue weighted by Crippen LogP contribution is 2.40. The molecule has 0 aliphatic rings. The molecule has 11 heteroatoms. The van der Waals surface area contributed by atoms with E-state index in [1.165, 1.54) is 25.4 Å². The molecule has 0 unspecified atom stereocenters. The van der Waals surface area contributed by atoms with Crippen molar-refractivity contribution in [2.75, 3.05) is 16.7 Å². The Bertz CT molecular complexity index is 1130. The third-order valence-electron chi connectivity index (χ3n) is 3.67. The van der Waals surface area contributed by atoms with Crippen LogP contribution in [0.25, 0.3) is 0 Å². The van der Waals surface area contributed by atoms with Gasteiger partial charge in [0.2, 0.25) is 10.9 Å². The Morgan fingerprint density at radius 2 is 1.96 bits per heavy atom. The van der Waals surface area contributed by atoms with Gasteiger partial charge in [-0.15, -0.1) is 11.3 Å². The smallest absolute Gasteiger partial charge is 0.278 e. The number of aryl methyl sites for hydroxylation is 1. The van der Waals surface area contributed by atoms with Crippen molar-refractivity contribution in [1.82, 2.24) is 5.16 Å². The van der Waals surface area contributed by atoms with Crippen molar-refractivity contribution in [3.63, 3.8) is 0 Å². The molecule has 2 N–H and O–H groups in total. The number of hydrogen-bond donors (Lipinski definition) is 2. The van der Waals surface area contributed by atoms with Crippen LogP contribution in [-0.2, 0) is 10.0 Å². The number of anilines is 3. The fourth-order valence-corrected chi connectivity index (χ4v) is 4.66. The van der Waals surface area contributed by atoms with E-state index < -0.39 is 26.6 Å². The van der Waals surface area contributed by atoms with E-state index in [0.717, 1.165) is 15.6 Å². The molecule has 0 saturated heterocycles. The number of nitrogens with zero attached hydrogens (tertiary/aromatic N) is 2. The van der Waals surface area contributed by atoms with Gasteiger partial charge in [-0.05, 0) is 13.8 Å². The normalized spacial score (nSPS) is 11.8. The van der Waals surface area contributed by atoms with E-state index in [0.29, 0.717) is 5.76 Å². The minimum atomic E-state index is -4.08. The number of aromatic nitrogens is 1. The number of rotatable bonds is 5. The predicted molar refractivity (Wildman–Crippen MR) is 92.2 cm³/mol. The molecular formula is C14H13N3O6S2. The molecule has 3 aromatic rings. The fraction of sp³-hybridized carbons (Fsp3) is 0.214. The summed E-state index contributed by atoms with van der Waals surface area (Å²) < 4.78 is 30.7. The Morgan fingerprint density at radius 1 is 1.28 bits per heavy atom. The maximum Gasteiger partial charge on any atom is 0.278 e. The van der Waals surface area contributed by atoms with E-state index in [4.69, 9.17) is 4.52 Å². The topological polar surface area (TPSA) is 130 Å². The van der Waals surface area contributed by atoms with E-state index in [9.17, 15) is 23.1 Å². The van der Waals surface area contributed by atoms with Crippen LogP contribution in [0.2, 0.25) is 0 Å². The summed E-state index contributed by atoms with van der Waals surface area (Å²) >= 11 is 0.773. The second-order valence-corrected chi connectivity index (χ2v) is 8.38. The zero-order valence-corrected chi connectivity index (χ0v) is 15.0. The lowest BCUT2D eigenvalue weighted by molar-refractivity contribution is 0.399. The molecule has 132 valence electrons. The van der Waals surface area contributed by atoms with E-state index in [1.807, 2.05) is 0 Å². The van der Waals surface area contributed by atoms with Gasteiger partial charge in [-0.2, -0.15) is 8.42 Å². The Kier molecular flexibility index (Phi) is 3.92. The Balaban J connectivity index is 1.95. The first-order chi connectivity index (χ1) is 11.6. The molecule has 0 saturated carbocycles. The number of thiophene rings is 1. The summed E-state index contributed by atoms with van der Waals surface area (Å²) in [6.07, 6.45) is 0. The van der Waals surface area contributed by atoms with Crippen LogP contribution in [0.15, 0.2) is 29.8 Å². The third-order valence-corrected chi connectivity index (χ3v) is 6.93. The standard InChI is InChI=1S/C14H13N3O6S2/c1-6-4-9(16-23-6)17(3)25(21,22)14-12(19)8(5-24-14)15-10-7(2)11(18)13(10)20/h4-5,15,19H,1-3H3. The van der Waals surface area contributed by atoms with Crippen LogP contribution >= 0.6 is 11.3 Å². The average molecular weight is 383 g/mol. The van der Waals surface area contributed by atoms with Crippen LogP contribution < -0.4 is 20.5 Å². The molecule has 0 amide bonds. The second-order valence-electron chi connectivity index (χ2n) is 5.34. The summed E-state index contributed by atoms with van der Waals surface area (Å²) in [5.41, 5.74) is -1.00. The lowest BCUT2D eigenvalue weighted by atomic mass is 10.1. The van der Waals surface area contributed by atoms with E-state index in [1.54, 1.807) is 6.92 Å². The van der Waals surface area contributed by atoms with Crippen LogP contribution in [0.1, 0.15) is 11.3 Å². The fourth-order valence-electron chi connectivity index (χ4n) is 2.15. The van der Waals surface area contributed by atoms with Crippen LogP contribution in [0.5, 0.6) is 5.75 Å². The molecule has 0 aliphatic heterocycles. The van der Waals surface area contributed by atoms with Gasteiger partial charge < -0.3 is 14.9 Å². The lowest BCUT2D eigenvalue weighted by Gasteiger charge is -2.15. The Morgan fingerprint density at radius 3 is 2.52 bits per heavy atom. The largest absolute Gasteiger partial charge is 0.504 e. The first-order valence-electron chi connectivity index (χ1n) is 6.94. The van der Waals surface area contributed by atoms with Gasteiger partial charge in [0.15, 0.2) is 15.8 Å². The van der Waals surface area contributed by atoms with Gasteiger partial charge in [0.1, 0.15) is 5.76 Å². The minimum absolute atomic E-state index is 0.0310. The predicted octanol–water partition coefficient (Wildman–Crippen LogP) is 1.22. The molecular weight excluding hydrogens is 370 g/mol. The zero-order chi connectivity index (χ0) is 18.5. The quantitative estimate of drug-likeness (QED) is 0.629. The van der Waals surface area contributed by atoms with Crippen LogP contribution in [0.4, 0.5) is 17.2 Å². The maximum absolute atomic E-state index is 12.7. The van der Waals surface area contributed by atoms with Gasteiger partial charge in [0.25, 0.3) is 10.0 Å². The highest BCUT2D eigenvalue weighted by molar-refractivity contribution is 7.94. The summed E-state index contributed by atoms with van der Waals surface area (Å²) in [6.45, 7) is 3.09. The first kappa shape index (κ1) is 17.2. The third kappa shape index (κ3) is 2.61. The molecule has 0 aliphatic carbocycles. The van der Waals surface area contributed by atoms with E-state index >= 15 is 0 Å². The highest BCUT2D eigenvalue weighted by Gasteiger charge is 2.30. The van der Waals surface area contributed by atoms with Crippen molar-refractivity contribution in [2.45, 2.75) is 18.1 Å². The highest BCUT2D eigenvalue weighted by atomic mass is 32.2.